The maximum absolute atomic E-state index is 5.99. The molecular weight excluding hydrogens is 226 g/mol. The maximum atomic E-state index is 5.99. The van der Waals surface area contributed by atoms with Gasteiger partial charge in [-0.1, -0.05) is 18.2 Å². The van der Waals surface area contributed by atoms with E-state index < -0.39 is 0 Å². The van der Waals surface area contributed by atoms with Crippen LogP contribution in [0.25, 0.3) is 0 Å². The summed E-state index contributed by atoms with van der Waals surface area (Å²) in [7, 11) is 1.71. The number of piperidine rings is 1. The average molecular weight is 249 g/mol. The predicted octanol–water partition coefficient (Wildman–Crippen LogP) is 0.598. The van der Waals surface area contributed by atoms with E-state index in [4.69, 9.17) is 16.2 Å². The van der Waals surface area contributed by atoms with E-state index in [-0.39, 0.29) is 12.1 Å². The lowest BCUT2D eigenvalue weighted by atomic mass is 10.0. The van der Waals surface area contributed by atoms with E-state index in [9.17, 15) is 0 Å². The van der Waals surface area contributed by atoms with Crippen LogP contribution in [0.4, 0.5) is 0 Å². The molecule has 4 heteroatoms. The molecule has 2 rings (SSSR count). The number of methoxy groups -OCH3 is 1. The first kappa shape index (κ1) is 13.3. The van der Waals surface area contributed by atoms with Crippen molar-refractivity contribution in [2.75, 3.05) is 26.7 Å². The fourth-order valence-electron chi connectivity index (χ4n) is 2.65. The van der Waals surface area contributed by atoms with Gasteiger partial charge in [0.15, 0.2) is 0 Å². The van der Waals surface area contributed by atoms with Crippen molar-refractivity contribution in [3.8, 4) is 5.75 Å². The summed E-state index contributed by atoms with van der Waals surface area (Å²) in [5.41, 5.74) is 13.2. The number of para-hydroxylation sites is 1. The Labute approximate surface area is 109 Å². The van der Waals surface area contributed by atoms with Crippen LogP contribution in [0, 0.1) is 0 Å². The summed E-state index contributed by atoms with van der Waals surface area (Å²) in [6.07, 6.45) is 1.91. The van der Waals surface area contributed by atoms with Crippen molar-refractivity contribution in [3.63, 3.8) is 0 Å². The predicted molar refractivity (Wildman–Crippen MR) is 73.7 cm³/mol. The number of benzene rings is 1. The topological polar surface area (TPSA) is 64.5 Å². The van der Waals surface area contributed by atoms with E-state index in [2.05, 4.69) is 11.0 Å². The molecule has 0 aromatic heterocycles. The van der Waals surface area contributed by atoms with Gasteiger partial charge in [-0.05, 0) is 24.5 Å². The number of nitrogens with zero attached hydrogens (tertiary/aromatic N) is 1. The van der Waals surface area contributed by atoms with E-state index in [0.29, 0.717) is 0 Å². The lowest BCUT2D eigenvalue weighted by molar-refractivity contribution is 0.191. The summed E-state index contributed by atoms with van der Waals surface area (Å²) in [6, 6.07) is 8.59. The number of ether oxygens (including phenoxy) is 1. The molecule has 1 saturated heterocycles. The monoisotopic (exact) mass is 249 g/mol. The molecule has 2 atom stereocenters. The molecule has 0 spiro atoms. The van der Waals surface area contributed by atoms with Gasteiger partial charge >= 0.3 is 0 Å². The molecule has 4 N–H and O–H groups in total. The number of hydrogen-bond acceptors (Lipinski definition) is 4. The second-order valence-corrected chi connectivity index (χ2v) is 5.08. The van der Waals surface area contributed by atoms with Gasteiger partial charge in [0.2, 0.25) is 0 Å². The highest BCUT2D eigenvalue weighted by molar-refractivity contribution is 5.33. The molecule has 0 saturated carbocycles. The molecule has 1 fully saturated rings. The van der Waals surface area contributed by atoms with Crippen LogP contribution in [0.2, 0.25) is 0 Å². The summed E-state index contributed by atoms with van der Waals surface area (Å²) in [5, 5.41) is 0. The first-order chi connectivity index (χ1) is 8.69. The Morgan fingerprint density at radius 1 is 1.22 bits per heavy atom. The summed E-state index contributed by atoms with van der Waals surface area (Å²) >= 11 is 0. The van der Waals surface area contributed by atoms with Crippen LogP contribution in [0.5, 0.6) is 5.75 Å². The van der Waals surface area contributed by atoms with Crippen molar-refractivity contribution in [1.29, 1.82) is 0 Å². The zero-order valence-electron chi connectivity index (χ0n) is 11.0. The van der Waals surface area contributed by atoms with Gasteiger partial charge in [0.25, 0.3) is 0 Å². The van der Waals surface area contributed by atoms with Crippen molar-refractivity contribution < 1.29 is 4.74 Å². The molecule has 1 heterocycles. The highest BCUT2D eigenvalue weighted by Crippen LogP contribution is 2.18. The lowest BCUT2D eigenvalue weighted by Crippen LogP contribution is -2.52. The van der Waals surface area contributed by atoms with Gasteiger partial charge in [0.1, 0.15) is 5.75 Å². The van der Waals surface area contributed by atoms with Gasteiger partial charge in [0, 0.05) is 31.7 Å². The Hall–Kier alpha value is -1.10. The SMILES string of the molecule is COc1ccccc1CCN1CC(N)CC(N)C1. The number of nitrogens with two attached hydrogens (primary N) is 2. The first-order valence-corrected chi connectivity index (χ1v) is 6.54. The zero-order valence-corrected chi connectivity index (χ0v) is 11.0. The third-order valence-electron chi connectivity index (χ3n) is 3.48. The van der Waals surface area contributed by atoms with E-state index in [1.807, 2.05) is 18.2 Å². The minimum atomic E-state index is 0.214. The molecule has 0 bridgehead atoms. The van der Waals surface area contributed by atoms with Gasteiger partial charge < -0.3 is 16.2 Å². The zero-order chi connectivity index (χ0) is 13.0. The molecule has 1 aromatic rings. The molecule has 2 unspecified atom stereocenters. The second kappa shape index (κ2) is 6.18. The van der Waals surface area contributed by atoms with Crippen LogP contribution < -0.4 is 16.2 Å². The minimum absolute atomic E-state index is 0.214. The van der Waals surface area contributed by atoms with Crippen LogP contribution in [-0.2, 0) is 6.42 Å². The Morgan fingerprint density at radius 3 is 2.56 bits per heavy atom. The van der Waals surface area contributed by atoms with E-state index >= 15 is 0 Å². The molecular formula is C14H23N3O. The van der Waals surface area contributed by atoms with Gasteiger partial charge in [-0.3, -0.25) is 4.90 Å². The van der Waals surface area contributed by atoms with Gasteiger partial charge in [0.05, 0.1) is 7.11 Å². The maximum Gasteiger partial charge on any atom is 0.122 e. The number of hydrogen-bond donors (Lipinski definition) is 2. The van der Waals surface area contributed by atoms with Crippen molar-refractivity contribution in [2.24, 2.45) is 11.5 Å². The van der Waals surface area contributed by atoms with Gasteiger partial charge in [-0.15, -0.1) is 0 Å². The van der Waals surface area contributed by atoms with Crippen LogP contribution in [0.15, 0.2) is 24.3 Å². The largest absolute Gasteiger partial charge is 0.496 e. The fourth-order valence-corrected chi connectivity index (χ4v) is 2.65. The number of rotatable bonds is 4. The molecule has 0 amide bonds. The molecule has 4 nitrogen and oxygen atoms in total. The number of likely N-dealkylation sites (tertiary alicyclic amines) is 1. The second-order valence-electron chi connectivity index (χ2n) is 5.08. The van der Waals surface area contributed by atoms with Crippen LogP contribution >= 0.6 is 0 Å². The fraction of sp³-hybridized carbons (Fsp3) is 0.571. The lowest BCUT2D eigenvalue weighted by Gasteiger charge is -2.34. The molecule has 18 heavy (non-hydrogen) atoms. The highest BCUT2D eigenvalue weighted by Gasteiger charge is 2.22. The quantitative estimate of drug-likeness (QED) is 0.820. The Balaban J connectivity index is 1.91. The van der Waals surface area contributed by atoms with Gasteiger partial charge in [-0.2, -0.15) is 0 Å². The van der Waals surface area contributed by atoms with Crippen LogP contribution in [0.1, 0.15) is 12.0 Å². The summed E-state index contributed by atoms with van der Waals surface area (Å²) < 4.78 is 5.36. The van der Waals surface area contributed by atoms with Crippen LogP contribution in [0.3, 0.4) is 0 Å². The summed E-state index contributed by atoms with van der Waals surface area (Å²) in [6.45, 7) is 2.88. The standard InChI is InChI=1S/C14H23N3O/c1-18-14-5-3-2-4-11(14)6-7-17-9-12(15)8-13(16)10-17/h2-5,12-13H,6-10,15-16H2,1H3. The summed E-state index contributed by atoms with van der Waals surface area (Å²) in [5.74, 6) is 0.961. The van der Waals surface area contributed by atoms with Crippen molar-refractivity contribution >= 4 is 0 Å². The van der Waals surface area contributed by atoms with Gasteiger partial charge in [-0.25, -0.2) is 0 Å². The Kier molecular flexibility index (Phi) is 4.58. The summed E-state index contributed by atoms with van der Waals surface area (Å²) in [4.78, 5) is 2.35. The van der Waals surface area contributed by atoms with E-state index in [0.717, 1.165) is 38.2 Å². The molecule has 1 aliphatic heterocycles. The van der Waals surface area contributed by atoms with E-state index in [1.165, 1.54) is 5.56 Å². The molecule has 1 aromatic carbocycles. The van der Waals surface area contributed by atoms with Crippen molar-refractivity contribution in [3.05, 3.63) is 29.8 Å². The highest BCUT2D eigenvalue weighted by atomic mass is 16.5. The average Bonchev–Trinajstić information content (AvgIpc) is 2.35. The Bertz CT molecular complexity index is 373. The smallest absolute Gasteiger partial charge is 0.122 e. The third-order valence-corrected chi connectivity index (χ3v) is 3.48. The van der Waals surface area contributed by atoms with Crippen molar-refractivity contribution in [2.45, 2.75) is 24.9 Å². The minimum Gasteiger partial charge on any atom is -0.496 e. The molecule has 100 valence electrons. The van der Waals surface area contributed by atoms with Crippen LogP contribution in [-0.4, -0.2) is 43.7 Å². The van der Waals surface area contributed by atoms with Crippen molar-refractivity contribution in [1.82, 2.24) is 4.90 Å². The normalized spacial score (nSPS) is 25.1. The molecule has 0 aliphatic carbocycles. The van der Waals surface area contributed by atoms with E-state index in [1.54, 1.807) is 7.11 Å². The first-order valence-electron chi connectivity index (χ1n) is 6.54. The third kappa shape index (κ3) is 3.45. The Morgan fingerprint density at radius 2 is 1.89 bits per heavy atom. The molecule has 1 aliphatic rings. The molecule has 0 radical (unpaired) electrons.